The van der Waals surface area contributed by atoms with Crippen LogP contribution in [0.15, 0.2) is 24.5 Å². The smallest absolute Gasteiger partial charge is 0.135 e. The average Bonchev–Trinajstić information content (AvgIpc) is 2.74. The quantitative estimate of drug-likeness (QED) is 0.845. The van der Waals surface area contributed by atoms with Crippen LogP contribution >= 0.6 is 11.6 Å². The van der Waals surface area contributed by atoms with Crippen LogP contribution < -0.4 is 15.5 Å². The summed E-state index contributed by atoms with van der Waals surface area (Å²) >= 11 is 6.12. The van der Waals surface area contributed by atoms with Gasteiger partial charge in [0, 0.05) is 54.6 Å². The number of hydrogen-bond acceptors (Lipinski definition) is 5. The SMILES string of the molecule is Clc1ccc2c(c1)NCCc1c-2ncnc1N1CCNCC1. The van der Waals surface area contributed by atoms with Gasteiger partial charge in [-0.3, -0.25) is 0 Å². The highest BCUT2D eigenvalue weighted by Crippen LogP contribution is 2.36. The van der Waals surface area contributed by atoms with E-state index in [1.807, 2.05) is 18.2 Å². The predicted molar refractivity (Wildman–Crippen MR) is 89.8 cm³/mol. The first-order valence-electron chi connectivity index (χ1n) is 7.66. The molecule has 0 atom stereocenters. The van der Waals surface area contributed by atoms with Gasteiger partial charge in [-0.05, 0) is 24.6 Å². The number of rotatable bonds is 1. The van der Waals surface area contributed by atoms with Gasteiger partial charge in [-0.15, -0.1) is 0 Å². The molecule has 4 rings (SSSR count). The molecule has 0 spiro atoms. The summed E-state index contributed by atoms with van der Waals surface area (Å²) in [7, 11) is 0. The number of piperazine rings is 1. The van der Waals surface area contributed by atoms with Crippen molar-refractivity contribution >= 4 is 23.1 Å². The number of hydrogen-bond donors (Lipinski definition) is 2. The van der Waals surface area contributed by atoms with Gasteiger partial charge in [-0.25, -0.2) is 9.97 Å². The van der Waals surface area contributed by atoms with Crippen molar-refractivity contribution in [2.24, 2.45) is 0 Å². The Morgan fingerprint density at radius 2 is 1.95 bits per heavy atom. The van der Waals surface area contributed by atoms with Crippen molar-refractivity contribution in [2.75, 3.05) is 42.9 Å². The molecule has 6 heteroatoms. The zero-order chi connectivity index (χ0) is 14.9. The van der Waals surface area contributed by atoms with Crippen LogP contribution in [0.3, 0.4) is 0 Å². The number of aromatic nitrogens is 2. The van der Waals surface area contributed by atoms with Crippen molar-refractivity contribution in [1.82, 2.24) is 15.3 Å². The molecular weight excluding hydrogens is 298 g/mol. The summed E-state index contributed by atoms with van der Waals surface area (Å²) in [6, 6.07) is 5.94. The fraction of sp³-hybridized carbons (Fsp3) is 0.375. The Bertz CT molecular complexity index is 697. The van der Waals surface area contributed by atoms with Crippen LogP contribution in [-0.2, 0) is 6.42 Å². The molecule has 1 aromatic carbocycles. The lowest BCUT2D eigenvalue weighted by Crippen LogP contribution is -2.44. The van der Waals surface area contributed by atoms with E-state index in [0.29, 0.717) is 0 Å². The van der Waals surface area contributed by atoms with Crippen molar-refractivity contribution in [1.29, 1.82) is 0 Å². The first-order valence-corrected chi connectivity index (χ1v) is 8.04. The number of anilines is 2. The molecular formula is C16H18ClN5. The van der Waals surface area contributed by atoms with Crippen LogP contribution in [0.5, 0.6) is 0 Å². The van der Waals surface area contributed by atoms with Gasteiger partial charge in [0.2, 0.25) is 0 Å². The minimum absolute atomic E-state index is 0.742. The summed E-state index contributed by atoms with van der Waals surface area (Å²) in [5, 5.41) is 7.59. The van der Waals surface area contributed by atoms with Gasteiger partial charge in [-0.2, -0.15) is 0 Å². The number of halogens is 1. The molecule has 5 nitrogen and oxygen atoms in total. The van der Waals surface area contributed by atoms with Crippen LogP contribution in [0.25, 0.3) is 11.3 Å². The second-order valence-corrected chi connectivity index (χ2v) is 6.06. The molecule has 3 heterocycles. The zero-order valence-corrected chi connectivity index (χ0v) is 13.0. The molecule has 22 heavy (non-hydrogen) atoms. The van der Waals surface area contributed by atoms with Crippen LogP contribution in [0.2, 0.25) is 5.02 Å². The molecule has 2 aliphatic heterocycles. The Morgan fingerprint density at radius 1 is 1.09 bits per heavy atom. The highest BCUT2D eigenvalue weighted by Gasteiger charge is 2.22. The lowest BCUT2D eigenvalue weighted by atomic mass is 10.0. The van der Waals surface area contributed by atoms with E-state index in [0.717, 1.165) is 66.9 Å². The molecule has 2 aromatic rings. The van der Waals surface area contributed by atoms with Crippen molar-refractivity contribution < 1.29 is 0 Å². The average molecular weight is 316 g/mol. The van der Waals surface area contributed by atoms with Gasteiger partial charge in [0.1, 0.15) is 12.1 Å². The molecule has 2 N–H and O–H groups in total. The van der Waals surface area contributed by atoms with E-state index in [2.05, 4.69) is 25.5 Å². The Labute approximate surface area is 134 Å². The van der Waals surface area contributed by atoms with Crippen molar-refractivity contribution in [3.63, 3.8) is 0 Å². The topological polar surface area (TPSA) is 53.1 Å². The minimum atomic E-state index is 0.742. The van der Waals surface area contributed by atoms with Crippen LogP contribution in [0.1, 0.15) is 5.56 Å². The summed E-state index contributed by atoms with van der Waals surface area (Å²) in [5.41, 5.74) is 4.42. The molecule has 0 aliphatic carbocycles. The van der Waals surface area contributed by atoms with E-state index in [9.17, 15) is 0 Å². The highest BCUT2D eigenvalue weighted by molar-refractivity contribution is 6.31. The molecule has 1 fully saturated rings. The largest absolute Gasteiger partial charge is 0.384 e. The number of fused-ring (bicyclic) bond motifs is 3. The third-order valence-corrected chi connectivity index (χ3v) is 4.50. The summed E-state index contributed by atoms with van der Waals surface area (Å²) in [5.74, 6) is 1.08. The van der Waals surface area contributed by atoms with E-state index < -0.39 is 0 Å². The van der Waals surface area contributed by atoms with E-state index in [1.54, 1.807) is 6.33 Å². The van der Waals surface area contributed by atoms with Crippen LogP contribution in [0, 0.1) is 0 Å². The van der Waals surface area contributed by atoms with E-state index in [1.165, 1.54) is 5.56 Å². The normalized spacial score (nSPS) is 17.2. The second kappa shape index (κ2) is 5.74. The first-order chi connectivity index (χ1) is 10.8. The van der Waals surface area contributed by atoms with Gasteiger partial charge in [-0.1, -0.05) is 11.6 Å². The van der Waals surface area contributed by atoms with Crippen LogP contribution in [0.4, 0.5) is 11.5 Å². The van der Waals surface area contributed by atoms with Gasteiger partial charge < -0.3 is 15.5 Å². The molecule has 1 aromatic heterocycles. The van der Waals surface area contributed by atoms with Gasteiger partial charge in [0.15, 0.2) is 0 Å². The molecule has 0 saturated carbocycles. The third-order valence-electron chi connectivity index (χ3n) is 4.27. The summed E-state index contributed by atoms with van der Waals surface area (Å²) in [6.45, 7) is 4.86. The monoisotopic (exact) mass is 315 g/mol. The van der Waals surface area contributed by atoms with Gasteiger partial charge in [0.25, 0.3) is 0 Å². The maximum absolute atomic E-state index is 6.12. The molecule has 0 radical (unpaired) electrons. The maximum atomic E-state index is 6.12. The zero-order valence-electron chi connectivity index (χ0n) is 12.3. The Kier molecular flexibility index (Phi) is 3.60. The molecule has 2 aliphatic rings. The van der Waals surface area contributed by atoms with E-state index in [-0.39, 0.29) is 0 Å². The summed E-state index contributed by atoms with van der Waals surface area (Å²) in [6.07, 6.45) is 2.60. The van der Waals surface area contributed by atoms with Crippen molar-refractivity contribution in [2.45, 2.75) is 6.42 Å². The Balaban J connectivity index is 1.83. The van der Waals surface area contributed by atoms with Crippen molar-refractivity contribution in [3.8, 4) is 11.3 Å². The Morgan fingerprint density at radius 3 is 2.82 bits per heavy atom. The minimum Gasteiger partial charge on any atom is -0.384 e. The maximum Gasteiger partial charge on any atom is 0.135 e. The molecule has 0 unspecified atom stereocenters. The highest BCUT2D eigenvalue weighted by atomic mass is 35.5. The predicted octanol–water partition coefficient (Wildman–Crippen LogP) is 2.17. The molecule has 1 saturated heterocycles. The van der Waals surface area contributed by atoms with Crippen molar-refractivity contribution in [3.05, 3.63) is 35.1 Å². The van der Waals surface area contributed by atoms with Gasteiger partial charge >= 0.3 is 0 Å². The van der Waals surface area contributed by atoms with Gasteiger partial charge in [0.05, 0.1) is 5.69 Å². The molecule has 0 amide bonds. The fourth-order valence-electron chi connectivity index (χ4n) is 3.21. The molecule has 0 bridgehead atoms. The van der Waals surface area contributed by atoms with E-state index in [4.69, 9.17) is 11.6 Å². The number of benzene rings is 1. The first kappa shape index (κ1) is 13.8. The lowest BCUT2D eigenvalue weighted by Gasteiger charge is -2.30. The fourth-order valence-corrected chi connectivity index (χ4v) is 3.38. The summed E-state index contributed by atoms with van der Waals surface area (Å²) in [4.78, 5) is 11.5. The number of nitrogens with one attached hydrogen (secondary N) is 2. The van der Waals surface area contributed by atoms with Crippen LogP contribution in [-0.4, -0.2) is 42.7 Å². The standard InChI is InChI=1S/C16H18ClN5/c17-11-1-2-12-14(9-11)19-4-3-13-15(12)20-10-21-16(13)22-7-5-18-6-8-22/h1-2,9-10,18-19H,3-8H2. The second-order valence-electron chi connectivity index (χ2n) is 5.63. The molecule has 114 valence electrons. The van der Waals surface area contributed by atoms with E-state index >= 15 is 0 Å². The lowest BCUT2D eigenvalue weighted by molar-refractivity contribution is 0.583. The Hall–Kier alpha value is -1.85. The third kappa shape index (κ3) is 2.40. The summed E-state index contributed by atoms with van der Waals surface area (Å²) < 4.78 is 0. The number of nitrogens with zero attached hydrogens (tertiary/aromatic N) is 3.